The molecule has 1 aromatic carbocycles. The van der Waals surface area contributed by atoms with Crippen LogP contribution in [0, 0.1) is 19.8 Å². The Hall–Kier alpha value is -3.16. The van der Waals surface area contributed by atoms with E-state index in [9.17, 15) is 14.4 Å². The third kappa shape index (κ3) is 4.45. The number of carbonyl (C=O) groups excluding carboxylic acids is 3. The van der Waals surface area contributed by atoms with Gasteiger partial charge < -0.3 is 10.1 Å². The maximum atomic E-state index is 13.8. The van der Waals surface area contributed by atoms with Crippen LogP contribution in [-0.4, -0.2) is 45.8 Å². The molecule has 1 N–H and O–H groups in total. The molecule has 8 nitrogen and oxygen atoms in total. The first-order valence-corrected chi connectivity index (χ1v) is 12.1. The number of hydrogen-bond acceptors (Lipinski definition) is 5. The molecule has 34 heavy (non-hydrogen) atoms. The fourth-order valence-corrected chi connectivity index (χ4v) is 5.12. The first-order valence-electron chi connectivity index (χ1n) is 12.1. The number of rotatable bonds is 5. The van der Waals surface area contributed by atoms with Gasteiger partial charge in [0.1, 0.15) is 11.2 Å². The summed E-state index contributed by atoms with van der Waals surface area (Å²) < 4.78 is 6.54. The van der Waals surface area contributed by atoms with Crippen LogP contribution in [0.25, 0.3) is 0 Å². The van der Waals surface area contributed by atoms with E-state index in [0.717, 1.165) is 36.8 Å². The Morgan fingerprint density at radius 1 is 1.12 bits per heavy atom. The predicted octanol–water partition coefficient (Wildman–Crippen LogP) is 3.79. The van der Waals surface area contributed by atoms with Crippen molar-refractivity contribution in [1.29, 1.82) is 0 Å². The van der Waals surface area contributed by atoms with Gasteiger partial charge in [-0.2, -0.15) is 5.10 Å². The summed E-state index contributed by atoms with van der Waals surface area (Å²) in [5, 5.41) is 7.55. The van der Waals surface area contributed by atoms with E-state index in [2.05, 4.69) is 17.3 Å². The van der Waals surface area contributed by atoms with Gasteiger partial charge in [0.05, 0.1) is 13.2 Å². The van der Waals surface area contributed by atoms with E-state index < -0.39 is 11.5 Å². The zero-order chi connectivity index (χ0) is 24.6. The minimum Gasteiger partial charge on any atom is -0.461 e. The molecule has 0 saturated heterocycles. The van der Waals surface area contributed by atoms with E-state index >= 15 is 0 Å². The number of aryl methyl sites for hydroxylation is 2. The first kappa shape index (κ1) is 24.0. The topological polar surface area (TPSA) is 93.5 Å². The van der Waals surface area contributed by atoms with Crippen LogP contribution in [0.2, 0.25) is 0 Å². The lowest BCUT2D eigenvalue weighted by atomic mass is 9.86. The summed E-state index contributed by atoms with van der Waals surface area (Å²) in [7, 11) is 0. The van der Waals surface area contributed by atoms with Crippen molar-refractivity contribution in [3.05, 3.63) is 46.8 Å². The van der Waals surface area contributed by atoms with Crippen LogP contribution in [0.5, 0.6) is 0 Å². The SMILES string of the molecule is CCOC(=O)c1cc2n(n1)C[C@](C)(C(=O)NC1CCC(C)CC1)N(c1cc(C)cc(C)c1)C2=O. The maximum Gasteiger partial charge on any atom is 0.358 e. The number of amides is 2. The largest absolute Gasteiger partial charge is 0.461 e. The first-order chi connectivity index (χ1) is 16.1. The minimum atomic E-state index is -1.22. The highest BCUT2D eigenvalue weighted by Crippen LogP contribution is 2.34. The Labute approximate surface area is 200 Å². The number of benzene rings is 1. The Kier molecular flexibility index (Phi) is 6.51. The Bertz CT molecular complexity index is 1100. The molecule has 0 unspecified atom stereocenters. The number of ether oxygens (including phenoxy) is 1. The molecule has 1 aliphatic heterocycles. The van der Waals surface area contributed by atoms with E-state index in [0.29, 0.717) is 11.6 Å². The molecule has 1 atom stereocenters. The summed E-state index contributed by atoms with van der Waals surface area (Å²) in [6, 6.07) is 7.40. The average molecular weight is 467 g/mol. The third-order valence-electron chi connectivity index (χ3n) is 6.94. The second-order valence-electron chi connectivity index (χ2n) is 9.98. The molecule has 8 heteroatoms. The van der Waals surface area contributed by atoms with Gasteiger partial charge in [-0.3, -0.25) is 19.2 Å². The quantitative estimate of drug-likeness (QED) is 0.677. The van der Waals surface area contributed by atoms with E-state index in [1.807, 2.05) is 32.0 Å². The van der Waals surface area contributed by atoms with Crippen LogP contribution >= 0.6 is 0 Å². The summed E-state index contributed by atoms with van der Waals surface area (Å²) in [6.45, 7) is 10.0. The van der Waals surface area contributed by atoms with Gasteiger partial charge in [0.25, 0.3) is 5.91 Å². The maximum absolute atomic E-state index is 13.8. The number of aromatic nitrogens is 2. The number of hydrogen-bond donors (Lipinski definition) is 1. The zero-order valence-corrected chi connectivity index (χ0v) is 20.7. The number of esters is 1. The molecule has 4 rings (SSSR count). The summed E-state index contributed by atoms with van der Waals surface area (Å²) in [5.74, 6) is -0.495. The smallest absolute Gasteiger partial charge is 0.358 e. The van der Waals surface area contributed by atoms with Crippen molar-refractivity contribution < 1.29 is 19.1 Å². The van der Waals surface area contributed by atoms with Crippen LogP contribution in [0.1, 0.15) is 78.6 Å². The van der Waals surface area contributed by atoms with Crippen LogP contribution in [0.4, 0.5) is 5.69 Å². The Balaban J connectivity index is 1.74. The van der Waals surface area contributed by atoms with Gasteiger partial charge in [-0.1, -0.05) is 13.0 Å². The zero-order valence-electron chi connectivity index (χ0n) is 20.7. The number of fused-ring (bicyclic) bond motifs is 1. The van der Waals surface area contributed by atoms with Crippen LogP contribution in [0.15, 0.2) is 24.3 Å². The summed E-state index contributed by atoms with van der Waals surface area (Å²) >= 11 is 0. The van der Waals surface area contributed by atoms with Gasteiger partial charge in [0.2, 0.25) is 5.91 Å². The summed E-state index contributed by atoms with van der Waals surface area (Å²) in [4.78, 5) is 41.5. The van der Waals surface area contributed by atoms with Crippen molar-refractivity contribution in [2.45, 2.75) is 78.4 Å². The van der Waals surface area contributed by atoms with E-state index in [-0.39, 0.29) is 42.4 Å². The molecule has 2 amide bonds. The second-order valence-corrected chi connectivity index (χ2v) is 9.98. The second kappa shape index (κ2) is 9.24. The molecule has 0 spiro atoms. The van der Waals surface area contributed by atoms with Crippen LogP contribution < -0.4 is 10.2 Å². The Morgan fingerprint density at radius 3 is 2.38 bits per heavy atom. The lowest BCUT2D eigenvalue weighted by molar-refractivity contribution is -0.127. The number of carbonyl (C=O) groups is 3. The molecule has 182 valence electrons. The lowest BCUT2D eigenvalue weighted by Gasteiger charge is -2.44. The normalized spacial score (nSPS) is 24.5. The highest BCUT2D eigenvalue weighted by molar-refractivity contribution is 6.12. The molecular formula is C26H34N4O4. The van der Waals surface area contributed by atoms with Gasteiger partial charge in [-0.15, -0.1) is 0 Å². The van der Waals surface area contributed by atoms with Crippen molar-refractivity contribution in [2.75, 3.05) is 11.5 Å². The highest BCUT2D eigenvalue weighted by Gasteiger charge is 2.49. The van der Waals surface area contributed by atoms with Gasteiger partial charge in [-0.25, -0.2) is 4.79 Å². The van der Waals surface area contributed by atoms with Crippen molar-refractivity contribution in [2.24, 2.45) is 5.92 Å². The van der Waals surface area contributed by atoms with E-state index in [1.54, 1.807) is 18.7 Å². The molecule has 2 aromatic rings. The van der Waals surface area contributed by atoms with E-state index in [4.69, 9.17) is 4.74 Å². The molecule has 0 radical (unpaired) electrons. The molecule has 2 aliphatic rings. The molecular weight excluding hydrogens is 432 g/mol. The molecule has 1 aromatic heterocycles. The molecule has 1 saturated carbocycles. The predicted molar refractivity (Wildman–Crippen MR) is 129 cm³/mol. The lowest BCUT2D eigenvalue weighted by Crippen LogP contribution is -2.65. The molecule has 1 aliphatic carbocycles. The molecule has 1 fully saturated rings. The average Bonchev–Trinajstić information content (AvgIpc) is 3.19. The third-order valence-corrected chi connectivity index (χ3v) is 6.94. The number of anilines is 1. The molecule has 2 heterocycles. The van der Waals surface area contributed by atoms with Gasteiger partial charge in [0, 0.05) is 17.8 Å². The number of nitrogens with zero attached hydrogens (tertiary/aromatic N) is 3. The van der Waals surface area contributed by atoms with Crippen molar-refractivity contribution in [3.8, 4) is 0 Å². The Morgan fingerprint density at radius 2 is 1.76 bits per heavy atom. The van der Waals surface area contributed by atoms with Crippen LogP contribution in [0.3, 0.4) is 0 Å². The monoisotopic (exact) mass is 466 g/mol. The van der Waals surface area contributed by atoms with E-state index in [1.165, 1.54) is 10.7 Å². The van der Waals surface area contributed by atoms with Crippen molar-refractivity contribution in [3.63, 3.8) is 0 Å². The fraction of sp³-hybridized carbons (Fsp3) is 0.538. The van der Waals surface area contributed by atoms with Crippen molar-refractivity contribution >= 4 is 23.5 Å². The summed E-state index contributed by atoms with van der Waals surface area (Å²) in [6.07, 6.45) is 4.02. The summed E-state index contributed by atoms with van der Waals surface area (Å²) in [5.41, 5.74) is 1.76. The van der Waals surface area contributed by atoms with Crippen LogP contribution in [-0.2, 0) is 16.1 Å². The van der Waals surface area contributed by atoms with Gasteiger partial charge in [0.15, 0.2) is 5.69 Å². The highest BCUT2D eigenvalue weighted by atomic mass is 16.5. The molecule has 0 bridgehead atoms. The number of nitrogens with one attached hydrogen (secondary N) is 1. The van der Waals surface area contributed by atoms with Crippen molar-refractivity contribution in [1.82, 2.24) is 15.1 Å². The minimum absolute atomic E-state index is 0.0662. The van der Waals surface area contributed by atoms with Gasteiger partial charge in [-0.05, 0) is 82.6 Å². The standard InChI is InChI=1S/C26H34N4O4/c1-6-34-24(32)21-14-22-23(31)30(20-12-17(3)11-18(4)13-20)26(5,15-29(22)28-21)25(33)27-19-9-7-16(2)8-10-19/h11-14,16,19H,6-10,15H2,1-5H3,(H,27,33)/t16?,19?,26-/m1/s1. The fourth-order valence-electron chi connectivity index (χ4n) is 5.12. The van der Waals surface area contributed by atoms with Gasteiger partial charge >= 0.3 is 5.97 Å².